The van der Waals surface area contributed by atoms with Crippen molar-refractivity contribution >= 4 is 22.4 Å². The molecule has 2 nitrogen and oxygen atoms in total. The molecule has 0 radical (unpaired) electrons. The Morgan fingerprint density at radius 2 is 1.69 bits per heavy atom. The number of fused-ring (bicyclic) bond motifs is 1. The molecule has 2 heteroatoms. The summed E-state index contributed by atoms with van der Waals surface area (Å²) in [5.74, 6) is 0.0476. The van der Waals surface area contributed by atoms with Gasteiger partial charge < -0.3 is 4.90 Å². The van der Waals surface area contributed by atoms with Crippen LogP contribution >= 0.6 is 0 Å². The highest BCUT2D eigenvalue weighted by Gasteiger charge is 2.05. The molecule has 1 amide bonds. The molecule has 0 aromatic heterocycles. The second kappa shape index (κ2) is 3.97. The summed E-state index contributed by atoms with van der Waals surface area (Å²) in [6.07, 6.45) is 0. The largest absolute Gasteiger partial charge is 0.316 e. The predicted octanol–water partition coefficient (Wildman–Crippen LogP) is 3.13. The first kappa shape index (κ1) is 10.7. The molecule has 0 heterocycles. The van der Waals surface area contributed by atoms with E-state index in [0.717, 1.165) is 11.1 Å². The summed E-state index contributed by atoms with van der Waals surface area (Å²) in [6.45, 7) is 3.65. The number of amides is 1. The van der Waals surface area contributed by atoms with Gasteiger partial charge in [0, 0.05) is 19.7 Å². The fourth-order valence-corrected chi connectivity index (χ4v) is 1.74. The molecule has 16 heavy (non-hydrogen) atoms. The highest BCUT2D eigenvalue weighted by atomic mass is 16.2. The summed E-state index contributed by atoms with van der Waals surface area (Å²) in [4.78, 5) is 12.9. The number of benzene rings is 2. The zero-order valence-corrected chi connectivity index (χ0v) is 9.82. The Bertz CT molecular complexity index is 545. The summed E-state index contributed by atoms with van der Waals surface area (Å²) >= 11 is 0. The lowest BCUT2D eigenvalue weighted by Crippen LogP contribution is -2.22. The maximum absolute atomic E-state index is 11.3. The first-order chi connectivity index (χ1) is 7.58. The monoisotopic (exact) mass is 213 g/mol. The summed E-state index contributed by atoms with van der Waals surface area (Å²) in [7, 11) is 1.79. The zero-order valence-electron chi connectivity index (χ0n) is 9.82. The Kier molecular flexibility index (Phi) is 2.65. The topological polar surface area (TPSA) is 20.3 Å². The molecular weight excluding hydrogens is 198 g/mol. The number of anilines is 1. The normalized spacial score (nSPS) is 10.4. The van der Waals surface area contributed by atoms with Crippen molar-refractivity contribution in [3.8, 4) is 0 Å². The molecule has 0 unspecified atom stereocenters. The first-order valence-corrected chi connectivity index (χ1v) is 5.32. The number of hydrogen-bond acceptors (Lipinski definition) is 1. The second-order valence-corrected chi connectivity index (χ2v) is 4.11. The molecule has 0 aliphatic rings. The molecule has 0 atom stereocenters. The van der Waals surface area contributed by atoms with Crippen LogP contribution in [0.25, 0.3) is 10.8 Å². The van der Waals surface area contributed by atoms with Gasteiger partial charge in [-0.05, 0) is 29.8 Å². The molecule has 0 spiro atoms. The van der Waals surface area contributed by atoms with E-state index in [2.05, 4.69) is 31.2 Å². The predicted molar refractivity (Wildman–Crippen MR) is 67.8 cm³/mol. The molecule has 0 bridgehead atoms. The van der Waals surface area contributed by atoms with Crippen LogP contribution in [0.5, 0.6) is 0 Å². The minimum Gasteiger partial charge on any atom is -0.316 e. The third-order valence-electron chi connectivity index (χ3n) is 2.84. The summed E-state index contributed by atoms with van der Waals surface area (Å²) in [5, 5.41) is 2.37. The van der Waals surface area contributed by atoms with Gasteiger partial charge in [0.25, 0.3) is 0 Å². The van der Waals surface area contributed by atoms with E-state index < -0.39 is 0 Å². The van der Waals surface area contributed by atoms with Crippen LogP contribution < -0.4 is 4.90 Å². The summed E-state index contributed by atoms with van der Waals surface area (Å²) in [5.41, 5.74) is 2.18. The first-order valence-electron chi connectivity index (χ1n) is 5.32. The van der Waals surface area contributed by atoms with Crippen LogP contribution in [0.2, 0.25) is 0 Å². The smallest absolute Gasteiger partial charge is 0.223 e. The third-order valence-corrected chi connectivity index (χ3v) is 2.84. The average Bonchev–Trinajstić information content (AvgIpc) is 2.27. The van der Waals surface area contributed by atoms with Crippen molar-refractivity contribution in [2.45, 2.75) is 13.8 Å². The van der Waals surface area contributed by atoms with Crippen molar-refractivity contribution in [3.05, 3.63) is 42.0 Å². The van der Waals surface area contributed by atoms with Gasteiger partial charge in [-0.15, -0.1) is 0 Å². The molecule has 0 saturated heterocycles. The SMILES string of the molecule is CC(=O)N(C)c1ccc2cc(C)ccc2c1. The van der Waals surface area contributed by atoms with E-state index in [1.54, 1.807) is 18.9 Å². The van der Waals surface area contributed by atoms with Gasteiger partial charge in [0.15, 0.2) is 0 Å². The summed E-state index contributed by atoms with van der Waals surface area (Å²) < 4.78 is 0. The number of carbonyl (C=O) groups excluding carboxylic acids is 1. The lowest BCUT2D eigenvalue weighted by Gasteiger charge is -2.15. The average molecular weight is 213 g/mol. The van der Waals surface area contributed by atoms with Crippen LogP contribution in [0.1, 0.15) is 12.5 Å². The molecule has 0 aliphatic carbocycles. The van der Waals surface area contributed by atoms with E-state index in [1.807, 2.05) is 12.1 Å². The van der Waals surface area contributed by atoms with E-state index in [-0.39, 0.29) is 5.91 Å². The number of hydrogen-bond donors (Lipinski definition) is 0. The highest BCUT2D eigenvalue weighted by molar-refractivity contribution is 5.94. The maximum Gasteiger partial charge on any atom is 0.223 e. The molecule has 2 aromatic carbocycles. The van der Waals surface area contributed by atoms with Gasteiger partial charge in [0.05, 0.1) is 0 Å². The van der Waals surface area contributed by atoms with E-state index in [9.17, 15) is 4.79 Å². The number of carbonyl (C=O) groups is 1. The minimum atomic E-state index is 0.0476. The Morgan fingerprint density at radius 1 is 1.06 bits per heavy atom. The minimum absolute atomic E-state index is 0.0476. The van der Waals surface area contributed by atoms with Gasteiger partial charge in [-0.2, -0.15) is 0 Å². The fraction of sp³-hybridized carbons (Fsp3) is 0.214. The van der Waals surface area contributed by atoms with E-state index >= 15 is 0 Å². The molecule has 0 N–H and O–H groups in total. The molecule has 2 aromatic rings. The van der Waals surface area contributed by atoms with E-state index in [1.165, 1.54) is 10.9 Å². The Labute approximate surface area is 95.5 Å². The van der Waals surface area contributed by atoms with E-state index in [4.69, 9.17) is 0 Å². The Balaban J connectivity index is 2.52. The van der Waals surface area contributed by atoms with Crippen molar-refractivity contribution in [2.75, 3.05) is 11.9 Å². The molecular formula is C14H15NO. The van der Waals surface area contributed by atoms with Crippen LogP contribution in [0, 0.1) is 6.92 Å². The van der Waals surface area contributed by atoms with Crippen LogP contribution in [0.3, 0.4) is 0 Å². The molecule has 0 saturated carbocycles. The number of rotatable bonds is 1. The van der Waals surface area contributed by atoms with Gasteiger partial charge >= 0.3 is 0 Å². The Hall–Kier alpha value is -1.83. The van der Waals surface area contributed by atoms with Crippen molar-refractivity contribution in [2.24, 2.45) is 0 Å². The van der Waals surface area contributed by atoms with Crippen molar-refractivity contribution in [3.63, 3.8) is 0 Å². The highest BCUT2D eigenvalue weighted by Crippen LogP contribution is 2.22. The van der Waals surface area contributed by atoms with Gasteiger partial charge in [-0.1, -0.05) is 29.8 Å². The van der Waals surface area contributed by atoms with Gasteiger partial charge in [0.2, 0.25) is 5.91 Å². The lowest BCUT2D eigenvalue weighted by molar-refractivity contribution is -0.116. The summed E-state index contributed by atoms with van der Waals surface area (Å²) in [6, 6.07) is 12.4. The number of aryl methyl sites for hydroxylation is 1. The van der Waals surface area contributed by atoms with Crippen molar-refractivity contribution < 1.29 is 4.79 Å². The quantitative estimate of drug-likeness (QED) is 0.712. The van der Waals surface area contributed by atoms with Crippen molar-refractivity contribution in [1.29, 1.82) is 0 Å². The van der Waals surface area contributed by atoms with Crippen LogP contribution in [-0.4, -0.2) is 13.0 Å². The Morgan fingerprint density at radius 3 is 2.38 bits per heavy atom. The second-order valence-electron chi connectivity index (χ2n) is 4.11. The zero-order chi connectivity index (χ0) is 11.7. The molecule has 0 aliphatic heterocycles. The molecule has 0 fully saturated rings. The van der Waals surface area contributed by atoms with Crippen LogP contribution in [0.15, 0.2) is 36.4 Å². The van der Waals surface area contributed by atoms with Gasteiger partial charge in [-0.3, -0.25) is 4.79 Å². The van der Waals surface area contributed by atoms with Crippen LogP contribution in [0.4, 0.5) is 5.69 Å². The van der Waals surface area contributed by atoms with Crippen molar-refractivity contribution in [1.82, 2.24) is 0 Å². The van der Waals surface area contributed by atoms with Gasteiger partial charge in [0.1, 0.15) is 0 Å². The fourth-order valence-electron chi connectivity index (χ4n) is 1.74. The lowest BCUT2D eigenvalue weighted by atomic mass is 10.1. The molecule has 2 rings (SSSR count). The standard InChI is InChI=1S/C14H15NO/c1-10-4-5-13-9-14(15(3)11(2)16)7-6-12(13)8-10/h4-9H,1-3H3. The number of nitrogens with zero attached hydrogens (tertiary/aromatic N) is 1. The third kappa shape index (κ3) is 1.91. The van der Waals surface area contributed by atoms with E-state index in [0.29, 0.717) is 0 Å². The maximum atomic E-state index is 11.3. The molecule has 82 valence electrons. The van der Waals surface area contributed by atoms with Crippen LogP contribution in [-0.2, 0) is 4.79 Å². The van der Waals surface area contributed by atoms with Gasteiger partial charge in [-0.25, -0.2) is 0 Å².